The maximum Gasteiger partial charge on any atom is 0.303 e. The number of rotatable bonds is 9. The average Bonchev–Trinajstić information content (AvgIpc) is 3.00. The van der Waals surface area contributed by atoms with E-state index in [0.717, 1.165) is 12.3 Å². The highest BCUT2D eigenvalue weighted by molar-refractivity contribution is 5.67. The van der Waals surface area contributed by atoms with Crippen LogP contribution in [0.15, 0.2) is 0 Å². The minimum Gasteiger partial charge on any atom is -0.481 e. The Morgan fingerprint density at radius 3 is 2.69 bits per heavy atom. The van der Waals surface area contributed by atoms with E-state index < -0.39 is 5.97 Å². The van der Waals surface area contributed by atoms with Crippen LogP contribution in [0, 0.1) is 17.8 Å². The van der Waals surface area contributed by atoms with E-state index in [0.29, 0.717) is 12.5 Å². The van der Waals surface area contributed by atoms with Crippen LogP contribution in [0.25, 0.3) is 0 Å². The lowest BCUT2D eigenvalue weighted by atomic mass is 9.90. The monoisotopic (exact) mass is 227 g/mol. The minimum absolute atomic E-state index is 0.161. The first-order valence-corrected chi connectivity index (χ1v) is 6.53. The van der Waals surface area contributed by atoms with Crippen molar-refractivity contribution in [1.82, 2.24) is 0 Å². The highest BCUT2D eigenvalue weighted by Crippen LogP contribution is 2.34. The molecule has 0 saturated heterocycles. The molecular formula is C13H25NO2. The number of carbonyl (C=O) groups is 1. The summed E-state index contributed by atoms with van der Waals surface area (Å²) in [6.07, 6.45) is 7.95. The zero-order valence-electron chi connectivity index (χ0n) is 10.3. The summed E-state index contributed by atoms with van der Waals surface area (Å²) < 4.78 is 0. The van der Waals surface area contributed by atoms with Gasteiger partial charge in [0, 0.05) is 6.42 Å². The smallest absolute Gasteiger partial charge is 0.303 e. The van der Waals surface area contributed by atoms with Gasteiger partial charge in [-0.15, -0.1) is 0 Å². The van der Waals surface area contributed by atoms with Crippen LogP contribution in [0.5, 0.6) is 0 Å². The summed E-state index contributed by atoms with van der Waals surface area (Å²) in [5.74, 6) is 1.07. The van der Waals surface area contributed by atoms with Gasteiger partial charge in [-0.3, -0.25) is 4.79 Å². The Kier molecular flexibility index (Phi) is 5.81. The molecule has 1 fully saturated rings. The van der Waals surface area contributed by atoms with Crippen LogP contribution in [0.3, 0.4) is 0 Å². The number of hydrogen-bond donors (Lipinski definition) is 2. The number of carboxylic acids is 1. The van der Waals surface area contributed by atoms with Gasteiger partial charge in [0.1, 0.15) is 0 Å². The quantitative estimate of drug-likeness (QED) is 0.636. The van der Waals surface area contributed by atoms with Gasteiger partial charge in [0.05, 0.1) is 0 Å². The van der Waals surface area contributed by atoms with Gasteiger partial charge in [-0.05, 0) is 30.7 Å². The summed E-state index contributed by atoms with van der Waals surface area (Å²) in [6, 6.07) is 0. The predicted molar refractivity (Wildman–Crippen MR) is 65.2 cm³/mol. The summed E-state index contributed by atoms with van der Waals surface area (Å²) in [5.41, 5.74) is 5.59. The van der Waals surface area contributed by atoms with Gasteiger partial charge >= 0.3 is 5.97 Å². The highest BCUT2D eigenvalue weighted by atomic mass is 16.4. The SMILES string of the molecule is CC(CCCC1CC1)C[C@H](CN)CC(=O)O. The molecule has 1 aliphatic carbocycles. The molecular weight excluding hydrogens is 202 g/mol. The van der Waals surface area contributed by atoms with Crippen LogP contribution in [0.4, 0.5) is 0 Å². The van der Waals surface area contributed by atoms with Crippen LogP contribution in [0.1, 0.15) is 51.9 Å². The normalized spacial score (nSPS) is 19.4. The lowest BCUT2D eigenvalue weighted by molar-refractivity contribution is -0.138. The van der Waals surface area contributed by atoms with Crippen molar-refractivity contribution in [3.8, 4) is 0 Å². The van der Waals surface area contributed by atoms with Crippen LogP contribution in [-0.2, 0) is 4.79 Å². The second kappa shape index (κ2) is 6.89. The van der Waals surface area contributed by atoms with Crippen molar-refractivity contribution in [2.24, 2.45) is 23.5 Å². The molecule has 0 heterocycles. The maximum absolute atomic E-state index is 10.6. The Bertz CT molecular complexity index is 214. The average molecular weight is 227 g/mol. The molecule has 3 heteroatoms. The molecule has 94 valence electrons. The van der Waals surface area contributed by atoms with E-state index >= 15 is 0 Å². The number of nitrogens with two attached hydrogens (primary N) is 1. The number of aliphatic carboxylic acids is 1. The largest absolute Gasteiger partial charge is 0.481 e. The van der Waals surface area contributed by atoms with E-state index in [2.05, 4.69) is 6.92 Å². The van der Waals surface area contributed by atoms with E-state index in [9.17, 15) is 4.79 Å². The molecule has 0 aliphatic heterocycles. The second-order valence-corrected chi connectivity index (χ2v) is 5.41. The first-order valence-electron chi connectivity index (χ1n) is 6.53. The molecule has 0 radical (unpaired) electrons. The fourth-order valence-corrected chi connectivity index (χ4v) is 2.36. The number of hydrogen-bond acceptors (Lipinski definition) is 2. The predicted octanol–water partition coefficient (Wildman–Crippen LogP) is 2.64. The molecule has 1 unspecified atom stereocenters. The molecule has 3 nitrogen and oxygen atoms in total. The first kappa shape index (κ1) is 13.5. The zero-order chi connectivity index (χ0) is 12.0. The van der Waals surface area contributed by atoms with Crippen molar-refractivity contribution >= 4 is 5.97 Å². The Morgan fingerprint density at radius 1 is 1.50 bits per heavy atom. The summed E-state index contributed by atoms with van der Waals surface area (Å²) in [6.45, 7) is 2.72. The van der Waals surface area contributed by atoms with E-state index in [-0.39, 0.29) is 12.3 Å². The molecule has 1 rings (SSSR count). The fraction of sp³-hybridized carbons (Fsp3) is 0.923. The topological polar surface area (TPSA) is 63.3 Å². The van der Waals surface area contributed by atoms with Gasteiger partial charge in [0.2, 0.25) is 0 Å². The van der Waals surface area contributed by atoms with E-state index in [4.69, 9.17) is 10.8 Å². The zero-order valence-corrected chi connectivity index (χ0v) is 10.3. The molecule has 16 heavy (non-hydrogen) atoms. The molecule has 2 atom stereocenters. The Hall–Kier alpha value is -0.570. The van der Waals surface area contributed by atoms with E-state index in [1.165, 1.54) is 32.1 Å². The maximum atomic E-state index is 10.6. The third-order valence-electron chi connectivity index (χ3n) is 3.54. The van der Waals surface area contributed by atoms with Crippen molar-refractivity contribution in [1.29, 1.82) is 0 Å². The van der Waals surface area contributed by atoms with Gasteiger partial charge < -0.3 is 10.8 Å². The van der Waals surface area contributed by atoms with E-state index in [1.54, 1.807) is 0 Å². The lowest BCUT2D eigenvalue weighted by Crippen LogP contribution is -2.20. The molecule has 0 amide bonds. The van der Waals surface area contributed by atoms with Gasteiger partial charge in [-0.25, -0.2) is 0 Å². The van der Waals surface area contributed by atoms with Gasteiger partial charge in [0.25, 0.3) is 0 Å². The fourth-order valence-electron chi connectivity index (χ4n) is 2.36. The molecule has 0 aromatic heterocycles. The van der Waals surface area contributed by atoms with Crippen molar-refractivity contribution in [2.45, 2.75) is 51.9 Å². The minimum atomic E-state index is -0.722. The molecule has 0 aromatic rings. The van der Waals surface area contributed by atoms with Crippen LogP contribution in [0.2, 0.25) is 0 Å². The van der Waals surface area contributed by atoms with Crippen LogP contribution < -0.4 is 5.73 Å². The molecule has 0 aromatic carbocycles. The van der Waals surface area contributed by atoms with Crippen molar-refractivity contribution < 1.29 is 9.90 Å². The van der Waals surface area contributed by atoms with Gasteiger partial charge in [-0.1, -0.05) is 39.0 Å². The third-order valence-corrected chi connectivity index (χ3v) is 3.54. The molecule has 1 saturated carbocycles. The van der Waals surface area contributed by atoms with Crippen molar-refractivity contribution in [3.05, 3.63) is 0 Å². The Morgan fingerprint density at radius 2 is 2.19 bits per heavy atom. The number of carboxylic acid groups (broad SMARTS) is 1. The summed E-state index contributed by atoms with van der Waals surface area (Å²) >= 11 is 0. The van der Waals surface area contributed by atoms with Gasteiger partial charge in [0.15, 0.2) is 0 Å². The van der Waals surface area contributed by atoms with Crippen molar-refractivity contribution in [3.63, 3.8) is 0 Å². The van der Waals surface area contributed by atoms with E-state index in [1.807, 2.05) is 0 Å². The highest BCUT2D eigenvalue weighted by Gasteiger charge is 2.21. The lowest BCUT2D eigenvalue weighted by Gasteiger charge is -2.17. The summed E-state index contributed by atoms with van der Waals surface area (Å²) in [5, 5.41) is 8.73. The molecule has 0 bridgehead atoms. The first-order chi connectivity index (χ1) is 7.61. The van der Waals surface area contributed by atoms with Crippen LogP contribution >= 0.6 is 0 Å². The van der Waals surface area contributed by atoms with Crippen LogP contribution in [-0.4, -0.2) is 17.6 Å². The van der Waals surface area contributed by atoms with Crippen molar-refractivity contribution in [2.75, 3.05) is 6.54 Å². The Balaban J connectivity index is 2.08. The second-order valence-electron chi connectivity index (χ2n) is 5.41. The summed E-state index contributed by atoms with van der Waals surface area (Å²) in [7, 11) is 0. The standard InChI is InChI=1S/C13H25NO2/c1-10(3-2-4-11-5-6-11)7-12(9-14)8-13(15)16/h10-12H,2-9,14H2,1H3,(H,15,16)/t10?,12-/m0/s1. The third kappa shape index (κ3) is 6.11. The molecule has 0 spiro atoms. The molecule has 1 aliphatic rings. The summed E-state index contributed by atoms with van der Waals surface area (Å²) in [4.78, 5) is 10.6. The molecule has 3 N–H and O–H groups in total. The van der Waals surface area contributed by atoms with Gasteiger partial charge in [-0.2, -0.15) is 0 Å². The Labute approximate surface area is 98.4 Å².